The smallest absolute Gasteiger partial charge is 0.382 e. The van der Waals surface area contributed by atoms with Gasteiger partial charge in [-0.05, 0) is 0 Å². The van der Waals surface area contributed by atoms with Crippen molar-refractivity contribution in [2.45, 2.75) is 43.0 Å². The van der Waals surface area contributed by atoms with Crippen molar-refractivity contribution in [2.24, 2.45) is 0 Å². The summed E-state index contributed by atoms with van der Waals surface area (Å²) in [5.41, 5.74) is -3.30. The summed E-state index contributed by atoms with van der Waals surface area (Å²) < 4.78 is 98.1. The molecule has 0 spiro atoms. The van der Waals surface area contributed by atoms with Gasteiger partial charge in [-0.15, -0.1) is 0 Å². The molecule has 0 unspecified atom stereocenters. The van der Waals surface area contributed by atoms with Gasteiger partial charge in [-0.3, -0.25) is 4.68 Å². The Morgan fingerprint density at radius 1 is 1.22 bits per heavy atom. The summed E-state index contributed by atoms with van der Waals surface area (Å²) in [6.45, 7) is -1.26. The molecule has 1 aliphatic carbocycles. The Kier molecular flexibility index (Phi) is 3.46. The molecule has 130 valence electrons. The molecule has 1 fully saturated rings. The molecule has 23 heavy (non-hydrogen) atoms. The lowest BCUT2D eigenvalue weighted by Crippen LogP contribution is -2.37. The number of aliphatic hydroxyl groups excluding tert-OH is 1. The first-order chi connectivity index (χ1) is 10.4. The zero-order chi connectivity index (χ0) is 17.2. The van der Waals surface area contributed by atoms with Gasteiger partial charge in [0.05, 0.1) is 24.8 Å². The minimum atomic E-state index is -5.09. The molecule has 1 saturated heterocycles. The van der Waals surface area contributed by atoms with Crippen molar-refractivity contribution in [3.8, 4) is 0 Å². The van der Waals surface area contributed by atoms with Crippen LogP contribution in [0.25, 0.3) is 0 Å². The maximum absolute atomic E-state index is 13.6. The van der Waals surface area contributed by atoms with Gasteiger partial charge < -0.3 is 9.84 Å². The molecule has 0 saturated carbocycles. The number of rotatable bonds is 1. The third-order valence-corrected chi connectivity index (χ3v) is 3.90. The minimum Gasteiger partial charge on any atom is -0.382 e. The van der Waals surface area contributed by atoms with Crippen molar-refractivity contribution in [1.29, 1.82) is 0 Å². The number of halogens is 7. The standard InChI is InChI=1S/C12H11F7N2O2/c13-10(14)1-5(3-23-4-10)21-6-2-11(15,16)9(22)7(6)8(20-21)12(17,18)19/h5,9,22H,1-4H2/t5-,9-/m0/s1. The van der Waals surface area contributed by atoms with Gasteiger partial charge in [0.2, 0.25) is 0 Å². The molecule has 4 nitrogen and oxygen atoms in total. The largest absolute Gasteiger partial charge is 0.435 e. The van der Waals surface area contributed by atoms with E-state index in [0.717, 1.165) is 0 Å². The molecule has 3 rings (SSSR count). The van der Waals surface area contributed by atoms with Crippen LogP contribution in [0.15, 0.2) is 0 Å². The molecule has 0 radical (unpaired) electrons. The number of alkyl halides is 7. The van der Waals surface area contributed by atoms with Crippen LogP contribution < -0.4 is 0 Å². The van der Waals surface area contributed by atoms with Crippen LogP contribution in [-0.4, -0.2) is 39.9 Å². The Morgan fingerprint density at radius 3 is 2.43 bits per heavy atom. The Hall–Kier alpha value is -1.36. The Balaban J connectivity index is 2.08. The first-order valence-corrected chi connectivity index (χ1v) is 6.62. The molecule has 1 aliphatic heterocycles. The summed E-state index contributed by atoms with van der Waals surface area (Å²) in [4.78, 5) is 0. The minimum absolute atomic E-state index is 0.372. The summed E-state index contributed by atoms with van der Waals surface area (Å²) in [5, 5.41) is 12.7. The van der Waals surface area contributed by atoms with Crippen LogP contribution in [0.2, 0.25) is 0 Å². The predicted octanol–water partition coefficient (Wildman–Crippen LogP) is 2.72. The average Bonchev–Trinajstić information content (AvgIpc) is 2.84. The van der Waals surface area contributed by atoms with Crippen LogP contribution >= 0.6 is 0 Å². The third kappa shape index (κ3) is 2.69. The molecule has 1 N–H and O–H groups in total. The third-order valence-electron chi connectivity index (χ3n) is 3.90. The maximum atomic E-state index is 13.6. The van der Waals surface area contributed by atoms with E-state index in [4.69, 9.17) is 0 Å². The fraction of sp³-hybridized carbons (Fsp3) is 0.750. The van der Waals surface area contributed by atoms with E-state index in [2.05, 4.69) is 9.84 Å². The van der Waals surface area contributed by atoms with Gasteiger partial charge in [-0.1, -0.05) is 0 Å². The van der Waals surface area contributed by atoms with E-state index in [1.807, 2.05) is 0 Å². The second-order valence-electron chi connectivity index (χ2n) is 5.72. The molecule has 2 heterocycles. The molecule has 11 heteroatoms. The Labute approximate surface area is 124 Å². The van der Waals surface area contributed by atoms with Crippen molar-refractivity contribution < 1.29 is 40.6 Å². The van der Waals surface area contributed by atoms with Gasteiger partial charge in [0.15, 0.2) is 5.69 Å². The van der Waals surface area contributed by atoms with Crippen molar-refractivity contribution >= 4 is 0 Å². The summed E-state index contributed by atoms with van der Waals surface area (Å²) in [7, 11) is 0. The average molecular weight is 348 g/mol. The highest BCUT2D eigenvalue weighted by molar-refractivity contribution is 5.38. The molecule has 2 atom stereocenters. The number of ether oxygens (including phenoxy) is 1. The Bertz CT molecular complexity index is 626. The lowest BCUT2D eigenvalue weighted by atomic mass is 10.1. The van der Waals surface area contributed by atoms with E-state index < -0.39 is 66.6 Å². The van der Waals surface area contributed by atoms with Crippen LogP contribution in [0.3, 0.4) is 0 Å². The predicted molar refractivity (Wildman–Crippen MR) is 60.3 cm³/mol. The van der Waals surface area contributed by atoms with Crippen molar-refractivity contribution in [3.05, 3.63) is 17.0 Å². The molecule has 0 bridgehead atoms. The normalized spacial score (nSPS) is 29.6. The number of nitrogens with zero attached hydrogens (tertiary/aromatic N) is 2. The van der Waals surface area contributed by atoms with Crippen LogP contribution in [0.4, 0.5) is 30.7 Å². The number of aliphatic hydroxyl groups is 1. The topological polar surface area (TPSA) is 47.3 Å². The second-order valence-corrected chi connectivity index (χ2v) is 5.72. The SMILES string of the molecule is O[C@H]1c2c(C(F)(F)F)nn([C@@H]3COCC(F)(F)C3)c2CC1(F)F. The Morgan fingerprint density at radius 2 is 1.87 bits per heavy atom. The number of hydrogen-bond donors (Lipinski definition) is 1. The van der Waals surface area contributed by atoms with E-state index >= 15 is 0 Å². The fourth-order valence-corrected chi connectivity index (χ4v) is 2.95. The van der Waals surface area contributed by atoms with Gasteiger partial charge >= 0.3 is 6.18 Å². The van der Waals surface area contributed by atoms with Gasteiger partial charge in [-0.25, -0.2) is 17.6 Å². The molecule has 0 amide bonds. The van der Waals surface area contributed by atoms with Gasteiger partial charge in [0, 0.05) is 12.0 Å². The number of fused-ring (bicyclic) bond motifs is 1. The van der Waals surface area contributed by atoms with Gasteiger partial charge in [0.1, 0.15) is 12.7 Å². The molecular weight excluding hydrogens is 337 g/mol. The number of hydrogen-bond acceptors (Lipinski definition) is 3. The highest BCUT2D eigenvalue weighted by atomic mass is 19.4. The quantitative estimate of drug-likeness (QED) is 0.794. The van der Waals surface area contributed by atoms with E-state index in [1.165, 1.54) is 0 Å². The van der Waals surface area contributed by atoms with Gasteiger partial charge in [-0.2, -0.15) is 18.3 Å². The molecular formula is C12H11F7N2O2. The fourth-order valence-electron chi connectivity index (χ4n) is 2.95. The zero-order valence-electron chi connectivity index (χ0n) is 11.4. The molecule has 1 aromatic heterocycles. The van der Waals surface area contributed by atoms with Crippen LogP contribution in [0, 0.1) is 0 Å². The van der Waals surface area contributed by atoms with Crippen LogP contribution in [-0.2, 0) is 17.3 Å². The highest BCUT2D eigenvalue weighted by Gasteiger charge is 2.55. The maximum Gasteiger partial charge on any atom is 0.435 e. The van der Waals surface area contributed by atoms with E-state index in [9.17, 15) is 35.8 Å². The summed E-state index contributed by atoms with van der Waals surface area (Å²) in [6.07, 6.45) is -9.84. The lowest BCUT2D eigenvalue weighted by molar-refractivity contribution is -0.148. The summed E-state index contributed by atoms with van der Waals surface area (Å²) in [6, 6.07) is -1.32. The first kappa shape index (κ1) is 16.5. The van der Waals surface area contributed by atoms with Crippen LogP contribution in [0.5, 0.6) is 0 Å². The molecule has 0 aromatic carbocycles. The second kappa shape index (κ2) is 4.82. The van der Waals surface area contributed by atoms with Gasteiger partial charge in [0.25, 0.3) is 11.8 Å². The van der Waals surface area contributed by atoms with E-state index in [0.29, 0.717) is 4.68 Å². The van der Waals surface area contributed by atoms with Crippen LogP contribution in [0.1, 0.15) is 35.5 Å². The van der Waals surface area contributed by atoms with Crippen molar-refractivity contribution in [1.82, 2.24) is 9.78 Å². The first-order valence-electron chi connectivity index (χ1n) is 6.62. The van der Waals surface area contributed by atoms with E-state index in [1.54, 1.807) is 0 Å². The zero-order valence-corrected chi connectivity index (χ0v) is 11.4. The van der Waals surface area contributed by atoms with Crippen molar-refractivity contribution in [3.63, 3.8) is 0 Å². The number of aromatic nitrogens is 2. The highest BCUT2D eigenvalue weighted by Crippen LogP contribution is 2.49. The lowest BCUT2D eigenvalue weighted by Gasteiger charge is -2.30. The summed E-state index contributed by atoms with van der Waals surface area (Å²) in [5.74, 6) is -7.10. The summed E-state index contributed by atoms with van der Waals surface area (Å²) >= 11 is 0. The molecule has 1 aromatic rings. The van der Waals surface area contributed by atoms with E-state index in [-0.39, 0.29) is 6.61 Å². The molecule has 2 aliphatic rings. The van der Waals surface area contributed by atoms with Crippen molar-refractivity contribution in [2.75, 3.05) is 13.2 Å². The monoisotopic (exact) mass is 348 g/mol.